The molecule has 1 unspecified atom stereocenters. The van der Waals surface area contributed by atoms with Crippen molar-refractivity contribution in [3.05, 3.63) is 0 Å². The van der Waals surface area contributed by atoms with Crippen LogP contribution < -0.4 is 0 Å². The Morgan fingerprint density at radius 3 is 2.00 bits per heavy atom. The van der Waals surface area contributed by atoms with Crippen LogP contribution in [0.1, 0.15) is 6.42 Å². The van der Waals surface area contributed by atoms with Crippen molar-refractivity contribution in [1.29, 1.82) is 0 Å². The van der Waals surface area contributed by atoms with Crippen LogP contribution in [0.3, 0.4) is 0 Å². The molecule has 0 aliphatic rings. The summed E-state index contributed by atoms with van der Waals surface area (Å²) in [4.78, 5) is 29.2. The molecule has 0 saturated heterocycles. The van der Waals surface area contributed by atoms with Gasteiger partial charge in [0.25, 0.3) is 5.78 Å². The number of carboxylic acids is 2. The lowest BCUT2D eigenvalue weighted by Crippen LogP contribution is -2.25. The normalized spacial score (nSPS) is 12.1. The highest BCUT2D eigenvalue weighted by Crippen LogP contribution is 2.06. The van der Waals surface area contributed by atoms with E-state index in [1.807, 2.05) is 0 Å². The van der Waals surface area contributed by atoms with Gasteiger partial charge in [0, 0.05) is 0 Å². The van der Waals surface area contributed by atoms with Crippen molar-refractivity contribution in [2.45, 2.75) is 11.2 Å². The number of carbonyl (C=O) groups is 3. The third-order valence-electron chi connectivity index (χ3n) is 0.849. The van der Waals surface area contributed by atoms with Gasteiger partial charge in [-0.15, -0.1) is 0 Å². The maximum absolute atomic E-state index is 10.5. The van der Waals surface area contributed by atoms with E-state index in [2.05, 4.69) is 15.9 Å². The number of halogens is 1. The Morgan fingerprint density at radius 1 is 1.27 bits per heavy atom. The lowest BCUT2D eigenvalue weighted by Gasteiger charge is -1.99. The molecule has 0 aromatic heterocycles. The van der Waals surface area contributed by atoms with Crippen LogP contribution in [-0.2, 0) is 14.4 Å². The van der Waals surface area contributed by atoms with Crippen molar-refractivity contribution in [1.82, 2.24) is 0 Å². The summed E-state index contributed by atoms with van der Waals surface area (Å²) < 4.78 is 0. The average molecular weight is 225 g/mol. The van der Waals surface area contributed by atoms with Crippen LogP contribution in [-0.4, -0.2) is 32.8 Å². The van der Waals surface area contributed by atoms with Gasteiger partial charge in [0.2, 0.25) is 0 Å². The van der Waals surface area contributed by atoms with Crippen molar-refractivity contribution >= 4 is 33.7 Å². The zero-order valence-electron chi connectivity index (χ0n) is 5.28. The van der Waals surface area contributed by atoms with Crippen molar-refractivity contribution in [2.24, 2.45) is 0 Å². The largest absolute Gasteiger partial charge is 0.481 e. The molecule has 11 heavy (non-hydrogen) atoms. The lowest BCUT2D eigenvalue weighted by atomic mass is 10.2. The Bertz CT molecular complexity index is 199. The summed E-state index contributed by atoms with van der Waals surface area (Å²) in [5.74, 6) is -4.00. The van der Waals surface area contributed by atoms with Gasteiger partial charge in [0.1, 0.15) is 0 Å². The fourth-order valence-electron chi connectivity index (χ4n) is 0.380. The summed E-state index contributed by atoms with van der Waals surface area (Å²) in [6.07, 6.45) is -0.523. The number of ketones is 1. The molecule has 62 valence electrons. The number of hydrogen-bond acceptors (Lipinski definition) is 3. The second kappa shape index (κ2) is 4.07. The number of rotatable bonds is 4. The second-order valence-electron chi connectivity index (χ2n) is 1.73. The smallest absolute Gasteiger partial charge is 0.373 e. The molecule has 1 atom stereocenters. The van der Waals surface area contributed by atoms with Crippen LogP contribution in [0.4, 0.5) is 0 Å². The zero-order chi connectivity index (χ0) is 9.02. The number of carbonyl (C=O) groups excluding carboxylic acids is 1. The molecule has 2 N–H and O–H groups in total. The van der Waals surface area contributed by atoms with Crippen molar-refractivity contribution in [2.75, 3.05) is 0 Å². The van der Waals surface area contributed by atoms with E-state index in [1.165, 1.54) is 0 Å². The first kappa shape index (κ1) is 10.1. The third-order valence-corrected chi connectivity index (χ3v) is 1.59. The number of carboxylic acid groups (broad SMARTS) is 2. The second-order valence-corrected chi connectivity index (χ2v) is 2.84. The van der Waals surface area contributed by atoms with Crippen molar-refractivity contribution in [3.63, 3.8) is 0 Å². The van der Waals surface area contributed by atoms with Gasteiger partial charge in [0.15, 0.2) is 0 Å². The van der Waals surface area contributed by atoms with Crippen molar-refractivity contribution in [3.8, 4) is 0 Å². The quantitative estimate of drug-likeness (QED) is 0.513. The number of alkyl halides is 1. The number of hydrogen-bond donors (Lipinski definition) is 2. The monoisotopic (exact) mass is 224 g/mol. The molecule has 0 radical (unpaired) electrons. The van der Waals surface area contributed by atoms with Gasteiger partial charge in [-0.1, -0.05) is 15.9 Å². The van der Waals surface area contributed by atoms with Crippen LogP contribution in [0.25, 0.3) is 0 Å². The van der Waals surface area contributed by atoms with E-state index in [0.29, 0.717) is 0 Å². The van der Waals surface area contributed by atoms with E-state index in [9.17, 15) is 14.4 Å². The summed E-state index contributed by atoms with van der Waals surface area (Å²) in [5, 5.41) is 16.2. The molecule has 0 heterocycles. The Morgan fingerprint density at radius 2 is 1.73 bits per heavy atom. The molecule has 0 aromatic carbocycles. The number of aliphatic carboxylic acids is 2. The molecule has 0 aliphatic heterocycles. The molecule has 0 rings (SSSR count). The molecular formula is C5H5BrO5. The minimum atomic E-state index is -1.63. The summed E-state index contributed by atoms with van der Waals surface area (Å²) in [6.45, 7) is 0. The van der Waals surface area contributed by atoms with E-state index in [4.69, 9.17) is 10.2 Å². The van der Waals surface area contributed by atoms with Crippen molar-refractivity contribution < 1.29 is 24.6 Å². The maximum Gasteiger partial charge on any atom is 0.373 e. The molecule has 0 spiro atoms. The lowest BCUT2D eigenvalue weighted by molar-refractivity contribution is -0.149. The van der Waals surface area contributed by atoms with Gasteiger partial charge in [-0.3, -0.25) is 9.59 Å². The Labute approximate surface area is 70.1 Å². The fraction of sp³-hybridized carbons (Fsp3) is 0.400. The Balaban J connectivity index is 4.03. The van der Waals surface area contributed by atoms with Crippen LogP contribution in [0.5, 0.6) is 0 Å². The summed E-state index contributed by atoms with van der Waals surface area (Å²) >= 11 is 2.63. The van der Waals surface area contributed by atoms with Gasteiger partial charge < -0.3 is 10.2 Å². The molecule has 0 aromatic rings. The molecule has 0 saturated carbocycles. The average Bonchev–Trinajstić information content (AvgIpc) is 1.84. The topological polar surface area (TPSA) is 91.7 Å². The van der Waals surface area contributed by atoms with Gasteiger partial charge >= 0.3 is 11.9 Å². The summed E-state index contributed by atoms with van der Waals surface area (Å²) in [5.41, 5.74) is 0. The van der Waals surface area contributed by atoms with Gasteiger partial charge in [-0.05, 0) is 0 Å². The first-order valence-electron chi connectivity index (χ1n) is 2.58. The SMILES string of the molecule is O=C(O)CC(Br)C(=O)C(=O)O. The van der Waals surface area contributed by atoms with E-state index >= 15 is 0 Å². The predicted molar refractivity (Wildman–Crippen MR) is 37.6 cm³/mol. The molecular weight excluding hydrogens is 220 g/mol. The van der Waals surface area contributed by atoms with E-state index < -0.39 is 29.0 Å². The third kappa shape index (κ3) is 3.72. The van der Waals surface area contributed by atoms with Crippen LogP contribution in [0, 0.1) is 0 Å². The van der Waals surface area contributed by atoms with E-state index in [1.54, 1.807) is 0 Å². The Kier molecular flexibility index (Phi) is 3.73. The molecule has 0 amide bonds. The zero-order valence-corrected chi connectivity index (χ0v) is 6.87. The predicted octanol–water partition coefficient (Wildman–Crippen LogP) is -0.122. The number of Topliss-reactive ketones (excluding diaryl/α,β-unsaturated/α-hetero) is 1. The standard InChI is InChI=1S/C5H5BrO5/c6-2(1-3(7)8)4(9)5(10)11/h2H,1H2,(H,7,8)(H,10,11). The first-order chi connectivity index (χ1) is 4.95. The molecule has 5 nitrogen and oxygen atoms in total. The molecule has 0 aliphatic carbocycles. The first-order valence-corrected chi connectivity index (χ1v) is 3.49. The van der Waals surface area contributed by atoms with E-state index in [-0.39, 0.29) is 0 Å². The maximum atomic E-state index is 10.5. The highest BCUT2D eigenvalue weighted by Gasteiger charge is 2.23. The van der Waals surface area contributed by atoms with Gasteiger partial charge in [-0.25, -0.2) is 4.79 Å². The highest BCUT2D eigenvalue weighted by atomic mass is 79.9. The Hall–Kier alpha value is -0.910. The van der Waals surface area contributed by atoms with Gasteiger partial charge in [-0.2, -0.15) is 0 Å². The highest BCUT2D eigenvalue weighted by molar-refractivity contribution is 9.10. The fourth-order valence-corrected chi connectivity index (χ4v) is 0.853. The summed E-state index contributed by atoms with van der Waals surface area (Å²) in [6, 6.07) is 0. The minimum absolute atomic E-state index is 0.523. The van der Waals surface area contributed by atoms with Crippen LogP contribution >= 0.6 is 15.9 Å². The summed E-state index contributed by atoms with van der Waals surface area (Å²) in [7, 11) is 0. The van der Waals surface area contributed by atoms with Crippen LogP contribution in [0.15, 0.2) is 0 Å². The minimum Gasteiger partial charge on any atom is -0.481 e. The molecule has 6 heteroatoms. The van der Waals surface area contributed by atoms with Gasteiger partial charge in [0.05, 0.1) is 11.2 Å². The van der Waals surface area contributed by atoms with Crippen LogP contribution in [0.2, 0.25) is 0 Å². The molecule has 0 bridgehead atoms. The molecule has 0 fully saturated rings. The van der Waals surface area contributed by atoms with E-state index in [0.717, 1.165) is 0 Å².